The zero-order chi connectivity index (χ0) is 23.3. The number of hydrogen-bond acceptors (Lipinski definition) is 8. The van der Waals surface area contributed by atoms with E-state index in [9.17, 15) is 4.79 Å². The number of hydrogen-bond donors (Lipinski definition) is 2. The minimum atomic E-state index is 0.0483. The standard InChI is InChI=1S/C23H25N9O/c1-13-14(2)26-12-31(15(13)3)21-8-16-7-19(25-10-18(16)23(24)28-21)27-20-9-17-5-6-30(4)22(33)11-32(17)29-20/h7-10,12H,2,5-6,11H2,1,3-4H3,(H2,24,28)(H,25,27,29). The van der Waals surface area contributed by atoms with Gasteiger partial charge in [0, 0.05) is 49.1 Å². The number of nitrogen functional groups attached to an aromatic ring is 1. The molecule has 168 valence electrons. The van der Waals surface area contributed by atoms with Gasteiger partial charge in [-0.3, -0.25) is 14.4 Å². The summed E-state index contributed by atoms with van der Waals surface area (Å²) in [5.74, 6) is 2.38. The van der Waals surface area contributed by atoms with Crippen molar-refractivity contribution < 1.29 is 4.79 Å². The largest absolute Gasteiger partial charge is 0.383 e. The van der Waals surface area contributed by atoms with E-state index in [1.807, 2.05) is 44.0 Å². The number of aromatic nitrogens is 4. The van der Waals surface area contributed by atoms with Crippen LogP contribution < -0.4 is 16.0 Å². The molecule has 0 aromatic carbocycles. The van der Waals surface area contributed by atoms with E-state index in [2.05, 4.69) is 32.0 Å². The normalized spacial score (nSPS) is 16.5. The van der Waals surface area contributed by atoms with Gasteiger partial charge in [-0.1, -0.05) is 6.58 Å². The monoisotopic (exact) mass is 443 g/mol. The highest BCUT2D eigenvalue weighted by molar-refractivity contribution is 5.96. The average molecular weight is 444 g/mol. The first-order valence-corrected chi connectivity index (χ1v) is 10.6. The molecule has 1 amide bonds. The van der Waals surface area contributed by atoms with E-state index in [0.29, 0.717) is 29.8 Å². The van der Waals surface area contributed by atoms with E-state index in [4.69, 9.17) is 5.73 Å². The van der Waals surface area contributed by atoms with Crippen molar-refractivity contribution in [1.29, 1.82) is 0 Å². The van der Waals surface area contributed by atoms with E-state index in [1.165, 1.54) is 0 Å². The Kier molecular flexibility index (Phi) is 4.85. The predicted molar refractivity (Wildman–Crippen MR) is 129 cm³/mol. The molecule has 3 N–H and O–H groups in total. The number of fused-ring (bicyclic) bond motifs is 2. The molecule has 0 spiro atoms. The van der Waals surface area contributed by atoms with Gasteiger partial charge in [-0.15, -0.1) is 0 Å². The van der Waals surface area contributed by atoms with Crippen LogP contribution in [0.5, 0.6) is 0 Å². The summed E-state index contributed by atoms with van der Waals surface area (Å²) in [6.07, 6.45) is 4.16. The highest BCUT2D eigenvalue weighted by atomic mass is 16.2. The van der Waals surface area contributed by atoms with E-state index in [-0.39, 0.29) is 12.5 Å². The lowest BCUT2D eigenvalue weighted by atomic mass is 10.1. The fourth-order valence-corrected chi connectivity index (χ4v) is 3.92. The maximum atomic E-state index is 12.1. The van der Waals surface area contributed by atoms with Gasteiger partial charge >= 0.3 is 0 Å². The van der Waals surface area contributed by atoms with Crippen molar-refractivity contribution >= 4 is 46.3 Å². The molecule has 0 radical (unpaired) electrons. The van der Waals surface area contributed by atoms with Crippen molar-refractivity contribution in [2.45, 2.75) is 26.8 Å². The van der Waals surface area contributed by atoms with Gasteiger partial charge in [0.05, 0.1) is 5.70 Å². The zero-order valence-corrected chi connectivity index (χ0v) is 18.8. The lowest BCUT2D eigenvalue weighted by molar-refractivity contribution is -0.130. The lowest BCUT2D eigenvalue weighted by Crippen LogP contribution is -2.29. The summed E-state index contributed by atoms with van der Waals surface area (Å²) in [6.45, 7) is 8.85. The van der Waals surface area contributed by atoms with Gasteiger partial charge in [0.2, 0.25) is 5.91 Å². The fraction of sp³-hybridized carbons (Fsp3) is 0.261. The minimum Gasteiger partial charge on any atom is -0.383 e. The number of likely N-dealkylation sites (N-methyl/N-ethyl adjacent to an activating group) is 1. The van der Waals surface area contributed by atoms with Crippen LogP contribution in [0.3, 0.4) is 0 Å². The molecule has 2 aliphatic heterocycles. The van der Waals surface area contributed by atoms with Crippen LogP contribution in [-0.2, 0) is 17.8 Å². The molecule has 3 aromatic rings. The van der Waals surface area contributed by atoms with E-state index < -0.39 is 0 Å². The smallest absolute Gasteiger partial charge is 0.244 e. The fourth-order valence-electron chi connectivity index (χ4n) is 3.92. The molecule has 0 unspecified atom stereocenters. The molecule has 10 nitrogen and oxygen atoms in total. The highest BCUT2D eigenvalue weighted by Gasteiger charge is 2.20. The topological polar surface area (TPSA) is 118 Å². The molecule has 0 bridgehead atoms. The van der Waals surface area contributed by atoms with E-state index in [1.54, 1.807) is 22.1 Å². The minimum absolute atomic E-state index is 0.0483. The highest BCUT2D eigenvalue weighted by Crippen LogP contribution is 2.31. The van der Waals surface area contributed by atoms with Crippen molar-refractivity contribution in [2.75, 3.05) is 29.5 Å². The Labute approximate surface area is 191 Å². The quantitative estimate of drug-likeness (QED) is 0.639. The van der Waals surface area contributed by atoms with Crippen LogP contribution in [0.25, 0.3) is 10.8 Å². The summed E-state index contributed by atoms with van der Waals surface area (Å²) in [7, 11) is 1.81. The Morgan fingerprint density at radius 3 is 2.82 bits per heavy atom. The molecule has 5 rings (SSSR count). The van der Waals surface area contributed by atoms with Crippen LogP contribution in [0, 0.1) is 0 Å². The number of pyridine rings is 2. The van der Waals surface area contributed by atoms with Gasteiger partial charge in [0.15, 0.2) is 5.82 Å². The Bertz CT molecular complexity index is 1370. The van der Waals surface area contributed by atoms with E-state index >= 15 is 0 Å². The molecule has 0 saturated heterocycles. The number of carbonyl (C=O) groups is 1. The maximum Gasteiger partial charge on any atom is 0.244 e. The first-order chi connectivity index (χ1) is 15.8. The molecular formula is C23H25N9O. The number of rotatable bonds is 3. The molecule has 0 saturated carbocycles. The van der Waals surface area contributed by atoms with E-state index in [0.717, 1.165) is 39.9 Å². The van der Waals surface area contributed by atoms with Gasteiger partial charge in [0.1, 0.15) is 30.3 Å². The lowest BCUT2D eigenvalue weighted by Gasteiger charge is -2.25. The van der Waals surface area contributed by atoms with Gasteiger partial charge in [0.25, 0.3) is 0 Å². The molecule has 0 fully saturated rings. The number of amides is 1. The summed E-state index contributed by atoms with van der Waals surface area (Å²) in [5, 5.41) is 9.44. The third kappa shape index (κ3) is 3.69. The zero-order valence-electron chi connectivity index (χ0n) is 18.8. The average Bonchev–Trinajstić information content (AvgIpc) is 3.10. The van der Waals surface area contributed by atoms with Crippen LogP contribution in [-0.4, -0.2) is 50.5 Å². The molecule has 0 atom stereocenters. The van der Waals surface area contributed by atoms with Crippen molar-refractivity contribution in [3.05, 3.63) is 53.6 Å². The second-order valence-electron chi connectivity index (χ2n) is 8.30. The summed E-state index contributed by atoms with van der Waals surface area (Å²) in [5.41, 5.74) is 9.99. The first kappa shape index (κ1) is 20.7. The maximum absolute atomic E-state index is 12.1. The molecular weight excluding hydrogens is 418 g/mol. The van der Waals surface area contributed by atoms with Gasteiger partial charge in [-0.25, -0.2) is 15.0 Å². The Hall–Kier alpha value is -4.21. The Morgan fingerprint density at radius 1 is 1.18 bits per heavy atom. The number of anilines is 4. The predicted octanol–water partition coefficient (Wildman–Crippen LogP) is 2.82. The number of nitrogens with one attached hydrogen (secondary N) is 1. The van der Waals surface area contributed by atoms with Crippen LogP contribution >= 0.6 is 0 Å². The number of nitrogens with zero attached hydrogens (tertiary/aromatic N) is 7. The summed E-state index contributed by atoms with van der Waals surface area (Å²) < 4.78 is 1.75. The summed E-state index contributed by atoms with van der Waals surface area (Å²) >= 11 is 0. The third-order valence-corrected chi connectivity index (χ3v) is 6.18. The van der Waals surface area contributed by atoms with Crippen molar-refractivity contribution in [2.24, 2.45) is 4.99 Å². The SMILES string of the molecule is C=C1N=CN(c2cc3cc(Nc4cc5n(n4)CC(=O)N(C)CC5)ncc3c(N)n2)C(C)=C1C. The van der Waals surface area contributed by atoms with Gasteiger partial charge in [-0.2, -0.15) is 5.10 Å². The number of aliphatic imine (C=N–C) groups is 1. The molecule has 3 aromatic heterocycles. The molecule has 5 heterocycles. The first-order valence-electron chi connectivity index (χ1n) is 10.6. The van der Waals surface area contributed by atoms with Crippen LogP contribution in [0.15, 0.2) is 52.9 Å². The molecule has 33 heavy (non-hydrogen) atoms. The van der Waals surface area contributed by atoms with Crippen LogP contribution in [0.4, 0.5) is 23.3 Å². The van der Waals surface area contributed by atoms with Crippen molar-refractivity contribution in [3.63, 3.8) is 0 Å². The second kappa shape index (κ2) is 7.73. The molecule has 0 aliphatic carbocycles. The Balaban J connectivity index is 1.46. The third-order valence-electron chi connectivity index (χ3n) is 6.18. The van der Waals surface area contributed by atoms with Crippen molar-refractivity contribution in [3.8, 4) is 0 Å². The molecule has 10 heteroatoms. The number of carbonyl (C=O) groups excluding carboxylic acids is 1. The molecule has 2 aliphatic rings. The van der Waals surface area contributed by atoms with Gasteiger partial charge in [-0.05, 0) is 36.9 Å². The summed E-state index contributed by atoms with van der Waals surface area (Å²) in [6, 6.07) is 5.82. The second-order valence-corrected chi connectivity index (χ2v) is 8.30. The van der Waals surface area contributed by atoms with Crippen LogP contribution in [0.1, 0.15) is 19.5 Å². The summed E-state index contributed by atoms with van der Waals surface area (Å²) in [4.78, 5) is 29.1. The number of nitrogens with two attached hydrogens (primary N) is 1. The van der Waals surface area contributed by atoms with Crippen LogP contribution in [0.2, 0.25) is 0 Å². The Morgan fingerprint density at radius 2 is 2.00 bits per heavy atom. The van der Waals surface area contributed by atoms with Gasteiger partial charge < -0.3 is 16.0 Å². The van der Waals surface area contributed by atoms with Crippen molar-refractivity contribution in [1.82, 2.24) is 24.6 Å². The number of allylic oxidation sites excluding steroid dienone is 2.